The molecule has 1 heterocycles. The van der Waals surface area contributed by atoms with Gasteiger partial charge in [-0.05, 0) is 31.2 Å². The summed E-state index contributed by atoms with van der Waals surface area (Å²) in [7, 11) is 0. The van der Waals surface area contributed by atoms with Gasteiger partial charge in [-0.1, -0.05) is 13.0 Å². The molecule has 1 aromatic heterocycles. The summed E-state index contributed by atoms with van der Waals surface area (Å²) >= 11 is 0. The molecule has 4 nitrogen and oxygen atoms in total. The molecule has 1 N–H and O–H groups in total. The van der Waals surface area contributed by atoms with E-state index in [9.17, 15) is 4.39 Å². The Bertz CT molecular complexity index is 510. The monoisotopic (exact) mass is 235 g/mol. The smallest absolute Gasteiger partial charge is 0.247 e. The topological polar surface area (TPSA) is 51.0 Å². The molecule has 17 heavy (non-hydrogen) atoms. The number of hydrogen-bond acceptors (Lipinski definition) is 4. The molecule has 1 aromatic carbocycles. The largest absolute Gasteiger partial charge is 0.419 e. The van der Waals surface area contributed by atoms with Crippen molar-refractivity contribution in [3.8, 4) is 11.5 Å². The van der Waals surface area contributed by atoms with Crippen LogP contribution < -0.4 is 5.32 Å². The van der Waals surface area contributed by atoms with E-state index in [1.165, 1.54) is 6.07 Å². The molecule has 0 saturated heterocycles. The lowest BCUT2D eigenvalue weighted by Gasteiger charge is -1.98. The maximum atomic E-state index is 13.4. The van der Waals surface area contributed by atoms with Gasteiger partial charge < -0.3 is 9.73 Å². The Labute approximate surface area is 98.9 Å². The fourth-order valence-electron chi connectivity index (χ4n) is 1.40. The number of aryl methyl sites for hydroxylation is 1. The molecule has 0 saturated carbocycles. The van der Waals surface area contributed by atoms with E-state index in [0.29, 0.717) is 29.5 Å². The van der Waals surface area contributed by atoms with Crippen LogP contribution in [-0.4, -0.2) is 16.7 Å². The number of rotatable bonds is 4. The van der Waals surface area contributed by atoms with Crippen molar-refractivity contribution in [2.75, 3.05) is 6.54 Å². The van der Waals surface area contributed by atoms with E-state index in [2.05, 4.69) is 15.5 Å². The number of halogens is 1. The van der Waals surface area contributed by atoms with E-state index in [1.807, 2.05) is 6.92 Å². The molecule has 0 radical (unpaired) electrons. The van der Waals surface area contributed by atoms with Crippen molar-refractivity contribution in [2.24, 2.45) is 0 Å². The van der Waals surface area contributed by atoms with Crippen molar-refractivity contribution in [3.05, 3.63) is 35.5 Å². The van der Waals surface area contributed by atoms with Crippen LogP contribution in [0.2, 0.25) is 0 Å². The highest BCUT2D eigenvalue weighted by molar-refractivity contribution is 5.53. The van der Waals surface area contributed by atoms with Crippen LogP contribution >= 0.6 is 0 Å². The first kappa shape index (κ1) is 11.7. The van der Waals surface area contributed by atoms with Gasteiger partial charge in [0.05, 0.1) is 6.54 Å². The van der Waals surface area contributed by atoms with Gasteiger partial charge in [-0.2, -0.15) is 0 Å². The molecule has 0 amide bonds. The van der Waals surface area contributed by atoms with Gasteiger partial charge in [-0.25, -0.2) is 4.39 Å². The molecule has 5 heteroatoms. The molecular formula is C12H14FN3O. The SMILES string of the molecule is CCNCc1nnc(-c2ccc(C)c(F)c2)o1. The number of aromatic nitrogens is 2. The summed E-state index contributed by atoms with van der Waals surface area (Å²) in [5.41, 5.74) is 1.20. The van der Waals surface area contributed by atoms with Gasteiger partial charge in [0, 0.05) is 5.56 Å². The third-order valence-electron chi connectivity index (χ3n) is 2.41. The lowest BCUT2D eigenvalue weighted by Crippen LogP contribution is -2.11. The van der Waals surface area contributed by atoms with Crippen LogP contribution in [0.3, 0.4) is 0 Å². The molecule has 2 aromatic rings. The molecule has 0 fully saturated rings. The summed E-state index contributed by atoms with van der Waals surface area (Å²) in [6.45, 7) is 5.06. The zero-order valence-electron chi connectivity index (χ0n) is 9.83. The van der Waals surface area contributed by atoms with Crippen molar-refractivity contribution in [1.82, 2.24) is 15.5 Å². The molecule has 0 spiro atoms. The molecule has 90 valence electrons. The normalized spacial score (nSPS) is 10.8. The Morgan fingerprint density at radius 1 is 1.35 bits per heavy atom. The van der Waals surface area contributed by atoms with Gasteiger partial charge in [0.25, 0.3) is 0 Å². The summed E-state index contributed by atoms with van der Waals surface area (Å²) in [5.74, 6) is 0.577. The molecule has 0 atom stereocenters. The summed E-state index contributed by atoms with van der Waals surface area (Å²) in [6, 6.07) is 4.86. The maximum absolute atomic E-state index is 13.4. The second-order valence-corrected chi connectivity index (χ2v) is 3.75. The lowest BCUT2D eigenvalue weighted by atomic mass is 10.1. The van der Waals surface area contributed by atoms with Gasteiger partial charge >= 0.3 is 0 Å². The Morgan fingerprint density at radius 3 is 2.88 bits per heavy atom. The van der Waals surface area contributed by atoms with E-state index in [0.717, 1.165) is 6.54 Å². The first-order chi connectivity index (χ1) is 8.20. The van der Waals surface area contributed by atoms with Crippen LogP contribution in [0.1, 0.15) is 18.4 Å². The van der Waals surface area contributed by atoms with Crippen LogP contribution in [0.5, 0.6) is 0 Å². The lowest BCUT2D eigenvalue weighted by molar-refractivity contribution is 0.481. The Kier molecular flexibility index (Phi) is 3.49. The summed E-state index contributed by atoms with van der Waals surface area (Å²) in [5, 5.41) is 10.8. The number of benzene rings is 1. The Morgan fingerprint density at radius 2 is 2.18 bits per heavy atom. The fourth-order valence-corrected chi connectivity index (χ4v) is 1.40. The standard InChI is InChI=1S/C12H14FN3O/c1-3-14-7-11-15-16-12(17-11)9-5-4-8(2)10(13)6-9/h4-6,14H,3,7H2,1-2H3. The molecule has 0 bridgehead atoms. The molecule has 0 unspecified atom stereocenters. The van der Waals surface area contributed by atoms with E-state index >= 15 is 0 Å². The van der Waals surface area contributed by atoms with Crippen LogP contribution in [0.4, 0.5) is 4.39 Å². The van der Waals surface area contributed by atoms with E-state index in [4.69, 9.17) is 4.42 Å². The van der Waals surface area contributed by atoms with Gasteiger partial charge in [0.2, 0.25) is 11.8 Å². The van der Waals surface area contributed by atoms with Crippen molar-refractivity contribution in [3.63, 3.8) is 0 Å². The van der Waals surface area contributed by atoms with E-state index in [1.54, 1.807) is 19.1 Å². The third kappa shape index (κ3) is 2.68. The first-order valence-electron chi connectivity index (χ1n) is 5.50. The first-order valence-corrected chi connectivity index (χ1v) is 5.50. The maximum Gasteiger partial charge on any atom is 0.247 e. The van der Waals surface area contributed by atoms with Gasteiger partial charge in [-0.3, -0.25) is 0 Å². The van der Waals surface area contributed by atoms with Crippen LogP contribution in [-0.2, 0) is 6.54 Å². The average Bonchev–Trinajstić information content (AvgIpc) is 2.79. The predicted octanol–water partition coefficient (Wildman–Crippen LogP) is 2.29. The fraction of sp³-hybridized carbons (Fsp3) is 0.333. The summed E-state index contributed by atoms with van der Waals surface area (Å²) < 4.78 is 18.8. The average molecular weight is 235 g/mol. The summed E-state index contributed by atoms with van der Waals surface area (Å²) in [4.78, 5) is 0. The second kappa shape index (κ2) is 5.05. The predicted molar refractivity (Wildman–Crippen MR) is 61.8 cm³/mol. The van der Waals surface area contributed by atoms with Gasteiger partial charge in [0.15, 0.2) is 0 Å². The second-order valence-electron chi connectivity index (χ2n) is 3.75. The minimum Gasteiger partial charge on any atom is -0.419 e. The van der Waals surface area contributed by atoms with Crippen LogP contribution in [0.15, 0.2) is 22.6 Å². The van der Waals surface area contributed by atoms with E-state index in [-0.39, 0.29) is 5.82 Å². The highest BCUT2D eigenvalue weighted by atomic mass is 19.1. The number of nitrogens with one attached hydrogen (secondary N) is 1. The van der Waals surface area contributed by atoms with Crippen LogP contribution in [0.25, 0.3) is 11.5 Å². The Hall–Kier alpha value is -1.75. The highest BCUT2D eigenvalue weighted by Gasteiger charge is 2.09. The van der Waals surface area contributed by atoms with Crippen molar-refractivity contribution < 1.29 is 8.81 Å². The Balaban J connectivity index is 2.21. The van der Waals surface area contributed by atoms with Crippen molar-refractivity contribution >= 4 is 0 Å². The van der Waals surface area contributed by atoms with Crippen LogP contribution in [0, 0.1) is 12.7 Å². The molecular weight excluding hydrogens is 221 g/mol. The van der Waals surface area contributed by atoms with Gasteiger partial charge in [-0.15, -0.1) is 10.2 Å². The number of hydrogen-bond donors (Lipinski definition) is 1. The van der Waals surface area contributed by atoms with Gasteiger partial charge in [0.1, 0.15) is 5.82 Å². The molecule has 0 aliphatic rings. The zero-order valence-corrected chi connectivity index (χ0v) is 9.83. The summed E-state index contributed by atoms with van der Waals surface area (Å²) in [6.07, 6.45) is 0. The molecule has 2 rings (SSSR count). The number of nitrogens with zero attached hydrogens (tertiary/aromatic N) is 2. The van der Waals surface area contributed by atoms with E-state index < -0.39 is 0 Å². The molecule has 0 aliphatic carbocycles. The molecule has 0 aliphatic heterocycles. The van der Waals surface area contributed by atoms with Crippen molar-refractivity contribution in [1.29, 1.82) is 0 Å². The highest BCUT2D eigenvalue weighted by Crippen LogP contribution is 2.20. The minimum atomic E-state index is -0.270. The van der Waals surface area contributed by atoms with Crippen molar-refractivity contribution in [2.45, 2.75) is 20.4 Å². The quantitative estimate of drug-likeness (QED) is 0.883. The zero-order chi connectivity index (χ0) is 12.3. The third-order valence-corrected chi connectivity index (χ3v) is 2.41. The minimum absolute atomic E-state index is 0.270.